The highest BCUT2D eigenvalue weighted by Gasteiger charge is 2.23. The van der Waals surface area contributed by atoms with E-state index in [0.29, 0.717) is 15.8 Å². The Labute approximate surface area is 134 Å². The summed E-state index contributed by atoms with van der Waals surface area (Å²) in [5, 5.41) is 10.6. The minimum atomic E-state index is -1.27. The van der Waals surface area contributed by atoms with Gasteiger partial charge in [-0.1, -0.05) is 35.3 Å². The molecular weight excluding hydrogens is 370 g/mol. The largest absolute Gasteiger partial charge is 0.496 e. The van der Waals surface area contributed by atoms with E-state index in [2.05, 4.69) is 15.9 Å². The highest BCUT2D eigenvalue weighted by atomic mass is 79.9. The van der Waals surface area contributed by atoms with Gasteiger partial charge in [0.25, 0.3) is 0 Å². The van der Waals surface area contributed by atoms with Gasteiger partial charge in [0.1, 0.15) is 17.7 Å². The summed E-state index contributed by atoms with van der Waals surface area (Å²) in [6.07, 6.45) is -1.27. The highest BCUT2D eigenvalue weighted by molar-refractivity contribution is 9.10. The van der Waals surface area contributed by atoms with Crippen molar-refractivity contribution < 1.29 is 14.2 Å². The molecule has 0 aliphatic heterocycles. The maximum Gasteiger partial charge on any atom is 0.149 e. The maximum absolute atomic E-state index is 14.2. The minimum Gasteiger partial charge on any atom is -0.496 e. The van der Waals surface area contributed by atoms with Crippen molar-refractivity contribution in [3.05, 3.63) is 61.8 Å². The first kappa shape index (κ1) is 15.6. The molecule has 0 spiro atoms. The maximum atomic E-state index is 14.2. The average Bonchev–Trinajstić information content (AvgIpc) is 2.44. The Morgan fingerprint density at radius 1 is 1.25 bits per heavy atom. The van der Waals surface area contributed by atoms with Crippen LogP contribution in [-0.2, 0) is 0 Å². The van der Waals surface area contributed by atoms with E-state index in [1.165, 1.54) is 13.2 Å². The molecule has 0 fully saturated rings. The molecule has 1 atom stereocenters. The molecule has 0 aliphatic carbocycles. The average molecular weight is 380 g/mol. The van der Waals surface area contributed by atoms with Gasteiger partial charge in [0, 0.05) is 15.6 Å². The molecule has 0 saturated carbocycles. The predicted octanol–water partition coefficient (Wildman–Crippen LogP) is 4.99. The lowest BCUT2D eigenvalue weighted by Crippen LogP contribution is -2.06. The summed E-state index contributed by atoms with van der Waals surface area (Å²) < 4.78 is 19.7. The molecular formula is C14H10BrCl2FO2. The number of methoxy groups -OCH3 is 1. The first-order chi connectivity index (χ1) is 9.47. The second kappa shape index (κ2) is 6.31. The molecule has 0 bridgehead atoms. The third-order valence-electron chi connectivity index (χ3n) is 2.87. The quantitative estimate of drug-likeness (QED) is 0.761. The summed E-state index contributed by atoms with van der Waals surface area (Å²) >= 11 is 15.0. The van der Waals surface area contributed by atoms with E-state index in [9.17, 15) is 9.50 Å². The van der Waals surface area contributed by atoms with Crippen molar-refractivity contribution in [1.29, 1.82) is 0 Å². The number of hydrogen-bond acceptors (Lipinski definition) is 2. The second-order valence-electron chi connectivity index (χ2n) is 4.02. The summed E-state index contributed by atoms with van der Waals surface area (Å²) in [4.78, 5) is 0. The molecule has 0 aromatic heterocycles. The molecule has 2 aromatic carbocycles. The van der Waals surface area contributed by atoms with Gasteiger partial charge < -0.3 is 9.84 Å². The van der Waals surface area contributed by atoms with Gasteiger partial charge in [-0.3, -0.25) is 0 Å². The molecule has 20 heavy (non-hydrogen) atoms. The fraction of sp³-hybridized carbons (Fsp3) is 0.143. The van der Waals surface area contributed by atoms with Crippen molar-refractivity contribution in [3.63, 3.8) is 0 Å². The Hall–Kier alpha value is -0.810. The van der Waals surface area contributed by atoms with Crippen LogP contribution >= 0.6 is 39.1 Å². The predicted molar refractivity (Wildman–Crippen MR) is 81.2 cm³/mol. The van der Waals surface area contributed by atoms with Crippen LogP contribution in [-0.4, -0.2) is 12.2 Å². The van der Waals surface area contributed by atoms with Crippen LogP contribution in [0.25, 0.3) is 0 Å². The van der Waals surface area contributed by atoms with Gasteiger partial charge in [-0.25, -0.2) is 4.39 Å². The van der Waals surface area contributed by atoms with E-state index in [-0.39, 0.29) is 15.6 Å². The Morgan fingerprint density at radius 3 is 2.60 bits per heavy atom. The second-order valence-corrected chi connectivity index (χ2v) is 5.66. The monoisotopic (exact) mass is 378 g/mol. The van der Waals surface area contributed by atoms with Crippen LogP contribution in [0.1, 0.15) is 17.2 Å². The minimum absolute atomic E-state index is 0.0320. The van der Waals surface area contributed by atoms with Crippen molar-refractivity contribution >= 4 is 39.1 Å². The summed E-state index contributed by atoms with van der Waals surface area (Å²) in [6.45, 7) is 0. The summed E-state index contributed by atoms with van der Waals surface area (Å²) in [7, 11) is 1.45. The molecule has 2 rings (SSSR count). The van der Waals surface area contributed by atoms with E-state index in [1.807, 2.05) is 0 Å². The van der Waals surface area contributed by atoms with Gasteiger partial charge in [0.15, 0.2) is 0 Å². The van der Waals surface area contributed by atoms with Crippen molar-refractivity contribution in [2.45, 2.75) is 6.10 Å². The van der Waals surface area contributed by atoms with Crippen LogP contribution in [0.3, 0.4) is 0 Å². The van der Waals surface area contributed by atoms with E-state index in [4.69, 9.17) is 27.9 Å². The number of rotatable bonds is 3. The third kappa shape index (κ3) is 2.79. The summed E-state index contributed by atoms with van der Waals surface area (Å²) in [5.41, 5.74) is 0.332. The van der Waals surface area contributed by atoms with Crippen molar-refractivity contribution in [1.82, 2.24) is 0 Å². The Kier molecular flexibility index (Phi) is 4.91. The molecule has 1 unspecified atom stereocenters. The fourth-order valence-corrected chi connectivity index (χ4v) is 2.62. The van der Waals surface area contributed by atoms with E-state index in [0.717, 1.165) is 0 Å². The topological polar surface area (TPSA) is 29.5 Å². The number of hydrogen-bond donors (Lipinski definition) is 1. The molecule has 106 valence electrons. The number of aliphatic hydroxyl groups is 1. The van der Waals surface area contributed by atoms with Crippen LogP contribution in [0.4, 0.5) is 4.39 Å². The van der Waals surface area contributed by atoms with E-state index in [1.54, 1.807) is 24.3 Å². The van der Waals surface area contributed by atoms with Crippen LogP contribution in [0.2, 0.25) is 10.0 Å². The van der Waals surface area contributed by atoms with Gasteiger partial charge in [-0.05, 0) is 34.1 Å². The Balaban J connectivity index is 2.58. The normalized spacial score (nSPS) is 12.3. The van der Waals surface area contributed by atoms with Crippen LogP contribution in [0, 0.1) is 5.82 Å². The zero-order chi connectivity index (χ0) is 14.9. The summed E-state index contributed by atoms with van der Waals surface area (Å²) in [6, 6.07) is 7.93. The van der Waals surface area contributed by atoms with E-state index < -0.39 is 11.9 Å². The van der Waals surface area contributed by atoms with Gasteiger partial charge in [-0.15, -0.1) is 0 Å². The number of benzene rings is 2. The smallest absolute Gasteiger partial charge is 0.149 e. The fourth-order valence-electron chi connectivity index (χ4n) is 1.87. The van der Waals surface area contributed by atoms with Gasteiger partial charge in [-0.2, -0.15) is 0 Å². The standard InChI is InChI=1S/C14H10BrCl2FO2/c1-20-10-4-2-3-9(16)11(10)14(19)7-5-6-8(15)12(17)13(7)18/h2-6,14,19H,1H3. The molecule has 1 N–H and O–H groups in total. The van der Waals surface area contributed by atoms with Crippen LogP contribution in [0.15, 0.2) is 34.8 Å². The van der Waals surface area contributed by atoms with Gasteiger partial charge >= 0.3 is 0 Å². The first-order valence-electron chi connectivity index (χ1n) is 5.61. The van der Waals surface area contributed by atoms with E-state index >= 15 is 0 Å². The molecule has 0 aliphatic rings. The van der Waals surface area contributed by atoms with Gasteiger partial charge in [0.2, 0.25) is 0 Å². The molecule has 2 nitrogen and oxygen atoms in total. The zero-order valence-corrected chi connectivity index (χ0v) is 13.4. The molecule has 0 amide bonds. The Morgan fingerprint density at radius 2 is 1.95 bits per heavy atom. The zero-order valence-electron chi connectivity index (χ0n) is 10.3. The number of halogens is 4. The molecule has 0 saturated heterocycles. The van der Waals surface area contributed by atoms with Crippen LogP contribution in [0.5, 0.6) is 5.75 Å². The Bertz CT molecular complexity index is 649. The van der Waals surface area contributed by atoms with Crippen LogP contribution < -0.4 is 4.74 Å². The van der Waals surface area contributed by atoms with Crippen molar-refractivity contribution in [3.8, 4) is 5.75 Å². The lowest BCUT2D eigenvalue weighted by molar-refractivity contribution is 0.209. The number of ether oxygens (including phenoxy) is 1. The van der Waals surface area contributed by atoms with Crippen molar-refractivity contribution in [2.75, 3.05) is 7.11 Å². The highest BCUT2D eigenvalue weighted by Crippen LogP contribution is 2.38. The lowest BCUT2D eigenvalue weighted by Gasteiger charge is -2.18. The SMILES string of the molecule is COc1cccc(Cl)c1C(O)c1ccc(Br)c(Cl)c1F. The van der Waals surface area contributed by atoms with Gasteiger partial charge in [0.05, 0.1) is 17.2 Å². The first-order valence-corrected chi connectivity index (χ1v) is 7.16. The molecule has 6 heteroatoms. The third-order valence-corrected chi connectivity index (χ3v) is 4.45. The number of aliphatic hydroxyl groups excluding tert-OH is 1. The molecule has 2 aromatic rings. The molecule has 0 heterocycles. The molecule has 0 radical (unpaired) electrons. The lowest BCUT2D eigenvalue weighted by atomic mass is 10.00. The van der Waals surface area contributed by atoms with Crippen molar-refractivity contribution in [2.24, 2.45) is 0 Å². The summed E-state index contributed by atoms with van der Waals surface area (Å²) in [5.74, 6) is -0.320.